The summed E-state index contributed by atoms with van der Waals surface area (Å²) >= 11 is 0. The second-order valence-electron chi connectivity index (χ2n) is 4.43. The quantitative estimate of drug-likeness (QED) is 0.762. The van der Waals surface area contributed by atoms with Crippen molar-refractivity contribution in [1.29, 1.82) is 0 Å². The summed E-state index contributed by atoms with van der Waals surface area (Å²) in [4.78, 5) is 0. The first kappa shape index (κ1) is 10.3. The lowest BCUT2D eigenvalue weighted by molar-refractivity contribution is 0.0425. The Morgan fingerprint density at radius 2 is 2.00 bits per heavy atom. The fraction of sp³-hybridized carbons (Fsp3) is 0.636. The third-order valence-corrected chi connectivity index (χ3v) is 2.12. The molecular weight excluding hydrogens is 164 g/mol. The normalized spacial score (nSPS) is 14.5. The Balaban J connectivity index is 2.83. The van der Waals surface area contributed by atoms with Crippen LogP contribution >= 0.6 is 0 Å². The average molecular weight is 182 g/mol. The molecule has 1 aromatic heterocycles. The molecule has 13 heavy (non-hydrogen) atoms. The Morgan fingerprint density at radius 3 is 2.38 bits per heavy atom. The van der Waals surface area contributed by atoms with Crippen molar-refractivity contribution in [3.05, 3.63) is 23.7 Å². The molecule has 1 N–H and O–H groups in total. The zero-order valence-corrected chi connectivity index (χ0v) is 8.79. The summed E-state index contributed by atoms with van der Waals surface area (Å²) < 4.78 is 5.47. The molecule has 0 unspecified atom stereocenters. The number of aryl methyl sites for hydroxylation is 1. The minimum atomic E-state index is -0.521. The van der Waals surface area contributed by atoms with Crippen LogP contribution in [0.5, 0.6) is 0 Å². The van der Waals surface area contributed by atoms with Crippen LogP contribution in [0.3, 0.4) is 0 Å². The molecule has 0 aliphatic rings. The highest BCUT2D eigenvalue weighted by molar-refractivity contribution is 5.10. The number of hydrogen-bond acceptors (Lipinski definition) is 2. The molecule has 0 saturated heterocycles. The average Bonchev–Trinajstić information content (AvgIpc) is 2.48. The first-order valence-electron chi connectivity index (χ1n) is 4.72. The molecule has 2 nitrogen and oxygen atoms in total. The van der Waals surface area contributed by atoms with Gasteiger partial charge in [0, 0.05) is 6.42 Å². The van der Waals surface area contributed by atoms with Gasteiger partial charge in [0.1, 0.15) is 17.6 Å². The molecule has 0 spiro atoms. The van der Waals surface area contributed by atoms with Gasteiger partial charge in [0.15, 0.2) is 0 Å². The zero-order valence-electron chi connectivity index (χ0n) is 8.79. The van der Waals surface area contributed by atoms with Gasteiger partial charge in [-0.2, -0.15) is 0 Å². The summed E-state index contributed by atoms with van der Waals surface area (Å²) in [6, 6.07) is 3.78. The molecule has 0 bridgehead atoms. The summed E-state index contributed by atoms with van der Waals surface area (Å²) in [5.74, 6) is 1.60. The number of furan rings is 1. The van der Waals surface area contributed by atoms with E-state index in [0.29, 0.717) is 5.76 Å². The summed E-state index contributed by atoms with van der Waals surface area (Å²) in [6.07, 6.45) is 0.351. The van der Waals surface area contributed by atoms with Crippen LogP contribution in [0.4, 0.5) is 0 Å². The van der Waals surface area contributed by atoms with Crippen LogP contribution in [0.25, 0.3) is 0 Å². The maximum atomic E-state index is 9.87. The first-order chi connectivity index (χ1) is 5.95. The summed E-state index contributed by atoms with van der Waals surface area (Å²) in [6.45, 7) is 8.01. The summed E-state index contributed by atoms with van der Waals surface area (Å²) in [5, 5.41) is 9.87. The van der Waals surface area contributed by atoms with Crippen molar-refractivity contribution in [2.45, 2.75) is 40.2 Å². The third-order valence-electron chi connectivity index (χ3n) is 2.12. The smallest absolute Gasteiger partial charge is 0.133 e. The Morgan fingerprint density at radius 1 is 1.38 bits per heavy atom. The van der Waals surface area contributed by atoms with Crippen LogP contribution in [0.2, 0.25) is 0 Å². The van der Waals surface area contributed by atoms with Gasteiger partial charge in [-0.1, -0.05) is 27.7 Å². The van der Waals surface area contributed by atoms with Gasteiger partial charge in [0.2, 0.25) is 0 Å². The minimum absolute atomic E-state index is 0.164. The van der Waals surface area contributed by atoms with Crippen molar-refractivity contribution >= 4 is 0 Å². The summed E-state index contributed by atoms with van der Waals surface area (Å²) in [7, 11) is 0. The van der Waals surface area contributed by atoms with Gasteiger partial charge in [0.05, 0.1) is 0 Å². The second-order valence-corrected chi connectivity index (χ2v) is 4.43. The van der Waals surface area contributed by atoms with Crippen molar-refractivity contribution in [2.75, 3.05) is 0 Å². The molecule has 0 amide bonds. The lowest BCUT2D eigenvalue weighted by Crippen LogP contribution is -2.17. The van der Waals surface area contributed by atoms with Gasteiger partial charge >= 0.3 is 0 Å². The van der Waals surface area contributed by atoms with Crippen LogP contribution in [0, 0.1) is 5.41 Å². The molecule has 0 fully saturated rings. The van der Waals surface area contributed by atoms with Crippen molar-refractivity contribution in [3.8, 4) is 0 Å². The number of aliphatic hydroxyl groups is 1. The molecule has 0 radical (unpaired) electrons. The predicted octanol–water partition coefficient (Wildman–Crippen LogP) is 2.92. The van der Waals surface area contributed by atoms with Gasteiger partial charge < -0.3 is 9.52 Å². The lowest BCUT2D eigenvalue weighted by atomic mass is 9.88. The summed E-state index contributed by atoms with van der Waals surface area (Å²) in [5.41, 5.74) is -0.164. The number of rotatable bonds is 2. The lowest BCUT2D eigenvalue weighted by Gasteiger charge is -2.23. The van der Waals surface area contributed by atoms with E-state index in [1.54, 1.807) is 0 Å². The van der Waals surface area contributed by atoms with E-state index in [-0.39, 0.29) is 5.41 Å². The van der Waals surface area contributed by atoms with Crippen molar-refractivity contribution < 1.29 is 9.52 Å². The van der Waals surface area contributed by atoms with Crippen molar-refractivity contribution in [3.63, 3.8) is 0 Å². The first-order valence-corrected chi connectivity index (χ1v) is 4.72. The van der Waals surface area contributed by atoms with E-state index in [2.05, 4.69) is 0 Å². The molecule has 1 aromatic rings. The van der Waals surface area contributed by atoms with E-state index in [4.69, 9.17) is 4.42 Å². The van der Waals surface area contributed by atoms with E-state index >= 15 is 0 Å². The highest BCUT2D eigenvalue weighted by Crippen LogP contribution is 2.33. The van der Waals surface area contributed by atoms with Crippen LogP contribution in [0.1, 0.15) is 45.3 Å². The van der Waals surface area contributed by atoms with Gasteiger partial charge in [-0.25, -0.2) is 0 Å². The minimum Gasteiger partial charge on any atom is -0.463 e. The predicted molar refractivity (Wildman–Crippen MR) is 52.5 cm³/mol. The largest absolute Gasteiger partial charge is 0.463 e. The molecule has 0 aliphatic carbocycles. The highest BCUT2D eigenvalue weighted by atomic mass is 16.4. The third kappa shape index (κ3) is 2.34. The van der Waals surface area contributed by atoms with Gasteiger partial charge in [-0.05, 0) is 17.5 Å². The van der Waals surface area contributed by atoms with Gasteiger partial charge in [-0.3, -0.25) is 0 Å². The number of hydrogen-bond donors (Lipinski definition) is 1. The van der Waals surface area contributed by atoms with Crippen LogP contribution in [-0.2, 0) is 6.42 Å². The molecule has 0 saturated carbocycles. The molecule has 2 heteroatoms. The molecular formula is C11H18O2. The Bertz CT molecular complexity index is 268. The fourth-order valence-electron chi connectivity index (χ4n) is 1.16. The Labute approximate surface area is 79.6 Å². The fourth-order valence-corrected chi connectivity index (χ4v) is 1.16. The van der Waals surface area contributed by atoms with Crippen molar-refractivity contribution in [2.24, 2.45) is 5.41 Å². The standard InChI is InChI=1S/C11H18O2/c1-5-8-6-7-9(13-8)10(12)11(2,3)4/h6-7,10,12H,5H2,1-4H3/t10-/m0/s1. The van der Waals surface area contributed by atoms with Gasteiger partial charge in [-0.15, -0.1) is 0 Å². The monoisotopic (exact) mass is 182 g/mol. The highest BCUT2D eigenvalue weighted by Gasteiger charge is 2.26. The maximum absolute atomic E-state index is 9.87. The van der Waals surface area contributed by atoms with E-state index in [1.165, 1.54) is 0 Å². The Hall–Kier alpha value is -0.760. The topological polar surface area (TPSA) is 33.4 Å². The number of aliphatic hydroxyl groups excluding tert-OH is 1. The van der Waals surface area contributed by atoms with Crippen LogP contribution in [-0.4, -0.2) is 5.11 Å². The van der Waals surface area contributed by atoms with Gasteiger partial charge in [0.25, 0.3) is 0 Å². The van der Waals surface area contributed by atoms with E-state index in [1.807, 2.05) is 39.8 Å². The maximum Gasteiger partial charge on any atom is 0.133 e. The molecule has 1 rings (SSSR count). The van der Waals surface area contributed by atoms with E-state index in [0.717, 1.165) is 12.2 Å². The molecule has 0 aromatic carbocycles. The molecule has 74 valence electrons. The molecule has 1 heterocycles. The van der Waals surface area contributed by atoms with E-state index < -0.39 is 6.10 Å². The van der Waals surface area contributed by atoms with Crippen molar-refractivity contribution in [1.82, 2.24) is 0 Å². The Kier molecular flexibility index (Phi) is 2.81. The molecule has 1 atom stereocenters. The zero-order chi connectivity index (χ0) is 10.1. The SMILES string of the molecule is CCc1ccc([C@H](O)C(C)(C)C)o1. The molecule has 0 aliphatic heterocycles. The van der Waals surface area contributed by atoms with Crippen LogP contribution in [0.15, 0.2) is 16.5 Å². The van der Waals surface area contributed by atoms with E-state index in [9.17, 15) is 5.11 Å². The van der Waals surface area contributed by atoms with Crippen LogP contribution < -0.4 is 0 Å². The second kappa shape index (κ2) is 3.54.